The van der Waals surface area contributed by atoms with E-state index in [1.165, 1.54) is 23.9 Å². The molecule has 2 aliphatic heterocycles. The standard InChI is InChI=1S/C42H56N6O10S/c1-4-13-32(38(51)40(53)43-25-35(50)46-36(41(54)47(2)3)28-15-7-5-8-16-28)44-39(52)33-24-31-26-48(33)42(55)37(29-17-9-6-10-18-29)45-34(49)23-27-14-11-19-30(22-27)58-20-12-21-59(31,56)57/h5,7-8,11,14-16,19,22,29,31-33,36-37H,4,6,9-10,12-13,17-18,20-21,23-26H2,1-3H3,(H,43,53)(H,44,52)(H,45,49)(H,46,50)/t31-,32?,33+,36+,37+/m1/s1. The molecule has 2 aromatic carbocycles. The number of carbonyl (C=O) groups is 7. The highest BCUT2D eigenvalue weighted by atomic mass is 32.2. The van der Waals surface area contributed by atoms with Crippen LogP contribution in [0.1, 0.15) is 81.9 Å². The lowest BCUT2D eigenvalue weighted by molar-refractivity contribution is -0.144. The van der Waals surface area contributed by atoms with Crippen molar-refractivity contribution in [1.29, 1.82) is 0 Å². The summed E-state index contributed by atoms with van der Waals surface area (Å²) in [5, 5.41) is 9.31. The molecule has 2 heterocycles. The molecule has 1 aliphatic carbocycles. The van der Waals surface area contributed by atoms with Crippen LogP contribution in [-0.2, 0) is 49.8 Å². The van der Waals surface area contributed by atoms with Crippen molar-refractivity contribution in [3.8, 4) is 5.75 Å². The van der Waals surface area contributed by atoms with Crippen molar-refractivity contribution in [3.05, 3.63) is 65.7 Å². The fourth-order valence-corrected chi connectivity index (χ4v) is 9.70. The van der Waals surface area contributed by atoms with E-state index in [1.807, 2.05) is 0 Å². The molecule has 59 heavy (non-hydrogen) atoms. The Morgan fingerprint density at radius 2 is 1.68 bits per heavy atom. The maximum Gasteiger partial charge on any atom is 0.290 e. The quantitative estimate of drug-likeness (QED) is 0.225. The van der Waals surface area contributed by atoms with E-state index in [0.717, 1.165) is 19.3 Å². The largest absolute Gasteiger partial charge is 0.494 e. The molecule has 3 aliphatic rings. The zero-order chi connectivity index (χ0) is 42.7. The molecule has 2 fully saturated rings. The minimum atomic E-state index is -3.86. The molecule has 1 saturated heterocycles. The molecule has 0 spiro atoms. The smallest absolute Gasteiger partial charge is 0.290 e. The Labute approximate surface area is 345 Å². The van der Waals surface area contributed by atoms with Gasteiger partial charge in [-0.1, -0.05) is 75.1 Å². The third-order valence-electron chi connectivity index (χ3n) is 11.1. The molecule has 320 valence electrons. The second-order valence-corrected chi connectivity index (χ2v) is 18.1. The Kier molecular flexibility index (Phi) is 15.6. The maximum absolute atomic E-state index is 14.6. The van der Waals surface area contributed by atoms with Crippen LogP contribution in [0.4, 0.5) is 0 Å². The van der Waals surface area contributed by atoms with Crippen molar-refractivity contribution in [2.45, 2.75) is 101 Å². The summed E-state index contributed by atoms with van der Waals surface area (Å²) in [6, 6.07) is 10.7. The van der Waals surface area contributed by atoms with Crippen LogP contribution in [0.5, 0.6) is 5.75 Å². The summed E-state index contributed by atoms with van der Waals surface area (Å²) in [6.07, 6.45) is 4.25. The van der Waals surface area contributed by atoms with Gasteiger partial charge in [0.15, 0.2) is 9.84 Å². The number of ether oxygens (including phenoxy) is 1. The number of hydrogen-bond donors (Lipinski definition) is 4. The number of likely N-dealkylation sites (N-methyl/N-ethyl adjacent to an activating group) is 1. The van der Waals surface area contributed by atoms with E-state index in [4.69, 9.17) is 4.74 Å². The normalized spacial score (nSPS) is 22.2. The Bertz CT molecular complexity index is 1970. The topological polar surface area (TPSA) is 217 Å². The van der Waals surface area contributed by atoms with Gasteiger partial charge in [0, 0.05) is 20.6 Å². The minimum absolute atomic E-state index is 0.0268. The molecule has 1 unspecified atom stereocenters. The number of amides is 6. The van der Waals surface area contributed by atoms with Crippen LogP contribution in [0.2, 0.25) is 0 Å². The molecule has 4 N–H and O–H groups in total. The number of fused-ring (bicyclic) bond motifs is 4. The van der Waals surface area contributed by atoms with Gasteiger partial charge in [0.25, 0.3) is 5.91 Å². The predicted octanol–water partition coefficient (Wildman–Crippen LogP) is 1.38. The van der Waals surface area contributed by atoms with Crippen molar-refractivity contribution in [2.24, 2.45) is 5.92 Å². The number of benzene rings is 2. The first-order valence-corrected chi connectivity index (χ1v) is 22.1. The summed E-state index contributed by atoms with van der Waals surface area (Å²) >= 11 is 0. The Hall–Kier alpha value is -5.32. The third kappa shape index (κ3) is 11.9. The molecule has 2 aromatic rings. The lowest BCUT2D eigenvalue weighted by atomic mass is 9.83. The zero-order valence-corrected chi connectivity index (χ0v) is 34.8. The van der Waals surface area contributed by atoms with Gasteiger partial charge in [0.1, 0.15) is 23.9 Å². The SMILES string of the molecule is CCCC(NC(=O)[C@@H]1C[C@@H]2CN1C(=O)[C@H](C1CCCCC1)NC(=O)Cc1cccc(c1)OCCCS2(=O)=O)C(=O)C(=O)NCC(=O)N[C@H](C(=O)N(C)C)c1ccccc1. The highest BCUT2D eigenvalue weighted by molar-refractivity contribution is 7.92. The predicted molar refractivity (Wildman–Crippen MR) is 217 cm³/mol. The van der Waals surface area contributed by atoms with Gasteiger partial charge in [-0.25, -0.2) is 8.42 Å². The number of nitrogens with one attached hydrogen (secondary N) is 4. The van der Waals surface area contributed by atoms with Crippen molar-refractivity contribution in [1.82, 2.24) is 31.1 Å². The maximum atomic E-state index is 14.6. The molecule has 1 saturated carbocycles. The van der Waals surface area contributed by atoms with Crippen molar-refractivity contribution in [2.75, 3.05) is 39.5 Å². The Morgan fingerprint density at radius 1 is 0.949 bits per heavy atom. The third-order valence-corrected chi connectivity index (χ3v) is 13.3. The van der Waals surface area contributed by atoms with Gasteiger partial charge >= 0.3 is 0 Å². The van der Waals surface area contributed by atoms with E-state index in [9.17, 15) is 42.0 Å². The van der Waals surface area contributed by atoms with Crippen LogP contribution in [0, 0.1) is 5.92 Å². The first-order chi connectivity index (χ1) is 28.2. The van der Waals surface area contributed by atoms with E-state index in [1.54, 1.807) is 61.5 Å². The fourth-order valence-electron chi connectivity index (χ4n) is 7.98. The summed E-state index contributed by atoms with van der Waals surface area (Å²) in [7, 11) is -0.787. The van der Waals surface area contributed by atoms with E-state index in [2.05, 4.69) is 21.3 Å². The van der Waals surface area contributed by atoms with Gasteiger partial charge < -0.3 is 35.8 Å². The first-order valence-electron chi connectivity index (χ1n) is 20.4. The summed E-state index contributed by atoms with van der Waals surface area (Å²) in [6.45, 7) is 0.896. The van der Waals surface area contributed by atoms with E-state index in [0.29, 0.717) is 36.1 Å². The van der Waals surface area contributed by atoms with E-state index < -0.39 is 87.0 Å². The molecule has 6 amide bonds. The Balaban J connectivity index is 1.33. The summed E-state index contributed by atoms with van der Waals surface area (Å²) in [5.41, 5.74) is 1.17. The lowest BCUT2D eigenvalue weighted by Gasteiger charge is -2.35. The molecular formula is C42H56N6O10S. The second kappa shape index (κ2) is 20.6. The van der Waals surface area contributed by atoms with Crippen LogP contribution in [-0.4, -0.2) is 122 Å². The molecule has 0 radical (unpaired) electrons. The molecular weight excluding hydrogens is 781 g/mol. The van der Waals surface area contributed by atoms with Crippen LogP contribution in [0.15, 0.2) is 54.6 Å². The number of ketones is 1. The van der Waals surface area contributed by atoms with Crippen LogP contribution >= 0.6 is 0 Å². The summed E-state index contributed by atoms with van der Waals surface area (Å²) in [4.78, 5) is 97.4. The summed E-state index contributed by atoms with van der Waals surface area (Å²) < 4.78 is 33.3. The van der Waals surface area contributed by atoms with Crippen molar-refractivity contribution in [3.63, 3.8) is 0 Å². The average molecular weight is 837 g/mol. The van der Waals surface area contributed by atoms with Crippen LogP contribution < -0.4 is 26.0 Å². The minimum Gasteiger partial charge on any atom is -0.494 e. The van der Waals surface area contributed by atoms with E-state index in [-0.39, 0.29) is 50.5 Å². The van der Waals surface area contributed by atoms with Crippen LogP contribution in [0.25, 0.3) is 0 Å². The van der Waals surface area contributed by atoms with Gasteiger partial charge in [-0.15, -0.1) is 0 Å². The summed E-state index contributed by atoms with van der Waals surface area (Å²) in [5.74, 6) is -5.14. The van der Waals surface area contributed by atoms with Gasteiger partial charge in [-0.3, -0.25) is 33.6 Å². The van der Waals surface area contributed by atoms with Crippen LogP contribution in [0.3, 0.4) is 0 Å². The number of sulfone groups is 1. The van der Waals surface area contributed by atoms with Crippen molar-refractivity contribution >= 4 is 51.1 Å². The zero-order valence-electron chi connectivity index (χ0n) is 33.9. The number of hydrogen-bond acceptors (Lipinski definition) is 10. The molecule has 4 bridgehead atoms. The monoisotopic (exact) mass is 836 g/mol. The molecule has 16 nitrogen and oxygen atoms in total. The second-order valence-electron chi connectivity index (χ2n) is 15.7. The van der Waals surface area contributed by atoms with Gasteiger partial charge in [-0.05, 0) is 61.3 Å². The Morgan fingerprint density at radius 3 is 2.37 bits per heavy atom. The number of Topliss-reactive ketones (excluding diaryl/α,β-unsaturated/α-hetero) is 1. The van der Waals surface area contributed by atoms with Gasteiger partial charge in [0.2, 0.25) is 35.3 Å². The van der Waals surface area contributed by atoms with E-state index >= 15 is 0 Å². The lowest BCUT2D eigenvalue weighted by Crippen LogP contribution is -2.58. The fraction of sp³-hybridized carbons (Fsp3) is 0.548. The number of rotatable bonds is 12. The highest BCUT2D eigenvalue weighted by Gasteiger charge is 2.48. The number of nitrogens with zero attached hydrogens (tertiary/aromatic N) is 2. The molecule has 17 heteroatoms. The highest BCUT2D eigenvalue weighted by Crippen LogP contribution is 2.32. The van der Waals surface area contributed by atoms with Gasteiger partial charge in [0.05, 0.1) is 36.6 Å². The molecule has 5 atom stereocenters. The first kappa shape index (κ1) is 44.8. The molecule has 5 rings (SSSR count). The average Bonchev–Trinajstić information content (AvgIpc) is 3.69. The number of carbonyl (C=O) groups excluding carboxylic acids is 7. The van der Waals surface area contributed by atoms with Gasteiger partial charge in [-0.2, -0.15) is 0 Å². The molecule has 0 aromatic heterocycles. The van der Waals surface area contributed by atoms with Crippen molar-refractivity contribution < 1.29 is 46.7 Å².